The molecule has 1 unspecified atom stereocenters. The minimum atomic E-state index is -0.113. The topological polar surface area (TPSA) is 76.5 Å². The van der Waals surface area contributed by atoms with Gasteiger partial charge in [0, 0.05) is 37.5 Å². The predicted molar refractivity (Wildman–Crippen MR) is 81.1 cm³/mol. The number of carbonyl (C=O) groups excluding carboxylic acids is 2. The summed E-state index contributed by atoms with van der Waals surface area (Å²) in [6.07, 6.45) is 4.03. The van der Waals surface area contributed by atoms with Crippen molar-refractivity contribution in [3.8, 4) is 0 Å². The van der Waals surface area contributed by atoms with E-state index in [2.05, 4.69) is 0 Å². The van der Waals surface area contributed by atoms with Gasteiger partial charge < -0.3 is 15.1 Å². The molecule has 3 rings (SSSR count). The Morgan fingerprint density at radius 1 is 1.38 bits per heavy atom. The second kappa shape index (κ2) is 6.20. The summed E-state index contributed by atoms with van der Waals surface area (Å²) >= 11 is 0. The van der Waals surface area contributed by atoms with E-state index in [1.807, 2.05) is 6.92 Å². The molecule has 0 saturated carbocycles. The van der Waals surface area contributed by atoms with Crippen LogP contribution in [0.5, 0.6) is 0 Å². The van der Waals surface area contributed by atoms with Crippen LogP contribution in [-0.4, -0.2) is 35.7 Å². The fourth-order valence-corrected chi connectivity index (χ4v) is 3.33. The number of rotatable bonds is 2. The van der Waals surface area contributed by atoms with Crippen molar-refractivity contribution in [1.82, 2.24) is 4.90 Å². The van der Waals surface area contributed by atoms with Gasteiger partial charge in [-0.1, -0.05) is 0 Å². The minimum Gasteiger partial charge on any atom is -0.455 e. The van der Waals surface area contributed by atoms with E-state index in [1.165, 1.54) is 0 Å². The number of amides is 1. The summed E-state index contributed by atoms with van der Waals surface area (Å²) in [5, 5.41) is 0. The molecule has 1 atom stereocenters. The maximum Gasteiger partial charge on any atom is 0.290 e. The van der Waals surface area contributed by atoms with E-state index in [0.717, 1.165) is 32.2 Å². The highest BCUT2D eigenvalue weighted by Crippen LogP contribution is 2.31. The maximum atomic E-state index is 12.6. The molecule has 21 heavy (non-hydrogen) atoms. The second-order valence-electron chi connectivity index (χ2n) is 5.66. The fraction of sp³-hybridized carbons (Fsp3) is 0.600. The van der Waals surface area contributed by atoms with Crippen molar-refractivity contribution in [3.05, 3.63) is 22.6 Å². The van der Waals surface area contributed by atoms with Gasteiger partial charge in [-0.05, 0) is 26.2 Å². The standard InChI is InChI=1S/C15H20N2O3.ClH/c1-9-13-11(18)5-2-6-12(13)20-14(9)15(19)17-7-3-4-10(17)8-16;/h10H,2-8,16H2,1H3;1H. The number of aryl methyl sites for hydroxylation is 1. The van der Waals surface area contributed by atoms with Crippen molar-refractivity contribution in [3.63, 3.8) is 0 Å². The molecule has 2 aliphatic rings. The first-order valence-electron chi connectivity index (χ1n) is 7.30. The number of Topliss-reactive ketones (excluding diaryl/α,β-unsaturated/α-hetero) is 1. The average molecular weight is 313 g/mol. The monoisotopic (exact) mass is 312 g/mol. The molecule has 0 aromatic carbocycles. The Kier molecular flexibility index (Phi) is 4.74. The van der Waals surface area contributed by atoms with E-state index in [9.17, 15) is 9.59 Å². The lowest BCUT2D eigenvalue weighted by molar-refractivity contribution is 0.0705. The summed E-state index contributed by atoms with van der Waals surface area (Å²) < 4.78 is 5.72. The van der Waals surface area contributed by atoms with Crippen LogP contribution >= 0.6 is 12.4 Å². The number of nitrogens with two attached hydrogens (primary N) is 1. The van der Waals surface area contributed by atoms with E-state index < -0.39 is 0 Å². The first-order chi connectivity index (χ1) is 9.63. The van der Waals surface area contributed by atoms with Gasteiger partial charge in [-0.25, -0.2) is 0 Å². The zero-order valence-corrected chi connectivity index (χ0v) is 13.0. The molecule has 1 fully saturated rings. The van der Waals surface area contributed by atoms with Gasteiger partial charge in [0.15, 0.2) is 11.5 Å². The number of hydrogen-bond acceptors (Lipinski definition) is 4. The number of fused-ring (bicyclic) bond motifs is 1. The van der Waals surface area contributed by atoms with Crippen LogP contribution in [0.4, 0.5) is 0 Å². The predicted octanol–water partition coefficient (Wildman–Crippen LogP) is 2.09. The lowest BCUT2D eigenvalue weighted by Gasteiger charge is -2.22. The summed E-state index contributed by atoms with van der Waals surface area (Å²) in [5.41, 5.74) is 7.07. The minimum absolute atomic E-state index is 0. The zero-order valence-electron chi connectivity index (χ0n) is 12.2. The molecule has 6 heteroatoms. The van der Waals surface area contributed by atoms with Crippen molar-refractivity contribution in [2.75, 3.05) is 13.1 Å². The van der Waals surface area contributed by atoms with Crippen LogP contribution in [0, 0.1) is 6.92 Å². The third-order valence-electron chi connectivity index (χ3n) is 4.41. The summed E-state index contributed by atoms with van der Waals surface area (Å²) in [6, 6.07) is 0.0970. The third-order valence-corrected chi connectivity index (χ3v) is 4.41. The summed E-state index contributed by atoms with van der Waals surface area (Å²) in [4.78, 5) is 26.4. The van der Waals surface area contributed by atoms with Crippen molar-refractivity contribution in [2.24, 2.45) is 5.73 Å². The summed E-state index contributed by atoms with van der Waals surface area (Å²) in [5.74, 6) is 1.01. The van der Waals surface area contributed by atoms with Gasteiger partial charge in [-0.2, -0.15) is 0 Å². The quantitative estimate of drug-likeness (QED) is 0.907. The Hall–Kier alpha value is -1.33. The highest BCUT2D eigenvalue weighted by Gasteiger charge is 2.34. The zero-order chi connectivity index (χ0) is 14.3. The molecule has 0 bridgehead atoms. The van der Waals surface area contributed by atoms with Crippen molar-refractivity contribution in [2.45, 2.75) is 45.1 Å². The van der Waals surface area contributed by atoms with Gasteiger partial charge in [0.1, 0.15) is 5.76 Å². The number of carbonyl (C=O) groups is 2. The molecular weight excluding hydrogens is 292 g/mol. The van der Waals surface area contributed by atoms with Crippen LogP contribution < -0.4 is 5.73 Å². The van der Waals surface area contributed by atoms with Crippen molar-refractivity contribution < 1.29 is 14.0 Å². The van der Waals surface area contributed by atoms with Crippen LogP contribution in [0.2, 0.25) is 0 Å². The molecule has 1 amide bonds. The van der Waals surface area contributed by atoms with Crippen LogP contribution in [0.3, 0.4) is 0 Å². The van der Waals surface area contributed by atoms with Gasteiger partial charge in [0.2, 0.25) is 0 Å². The molecule has 5 nitrogen and oxygen atoms in total. The van der Waals surface area contributed by atoms with Crippen LogP contribution in [0.1, 0.15) is 57.9 Å². The maximum absolute atomic E-state index is 12.6. The van der Waals surface area contributed by atoms with Crippen LogP contribution in [0.15, 0.2) is 4.42 Å². The Morgan fingerprint density at radius 3 is 2.81 bits per heavy atom. The van der Waals surface area contributed by atoms with Gasteiger partial charge in [0.25, 0.3) is 5.91 Å². The lowest BCUT2D eigenvalue weighted by atomic mass is 9.94. The Balaban J connectivity index is 0.00000161. The molecule has 0 radical (unpaired) electrons. The molecule has 1 aliphatic heterocycles. The first-order valence-corrected chi connectivity index (χ1v) is 7.30. The number of furan rings is 1. The highest BCUT2D eigenvalue weighted by molar-refractivity contribution is 6.03. The SMILES string of the molecule is Cc1c(C(=O)N2CCCC2CN)oc2c1C(=O)CCC2.Cl. The number of likely N-dealkylation sites (tertiary alicyclic amines) is 1. The second-order valence-corrected chi connectivity index (χ2v) is 5.66. The summed E-state index contributed by atoms with van der Waals surface area (Å²) in [7, 11) is 0. The van der Waals surface area contributed by atoms with Gasteiger partial charge in [-0.15, -0.1) is 12.4 Å². The van der Waals surface area contributed by atoms with E-state index >= 15 is 0 Å². The van der Waals surface area contributed by atoms with Gasteiger partial charge >= 0.3 is 0 Å². The van der Waals surface area contributed by atoms with Crippen molar-refractivity contribution in [1.29, 1.82) is 0 Å². The van der Waals surface area contributed by atoms with Crippen molar-refractivity contribution >= 4 is 24.1 Å². The largest absolute Gasteiger partial charge is 0.455 e. The van der Waals surface area contributed by atoms with Gasteiger partial charge in [-0.3, -0.25) is 9.59 Å². The van der Waals surface area contributed by atoms with Crippen LogP contribution in [-0.2, 0) is 6.42 Å². The third kappa shape index (κ3) is 2.60. The Bertz CT molecular complexity index is 568. The Labute approximate surface area is 130 Å². The van der Waals surface area contributed by atoms with Crippen LogP contribution in [0.25, 0.3) is 0 Å². The molecule has 116 valence electrons. The molecule has 1 aromatic rings. The number of nitrogens with zero attached hydrogens (tertiary/aromatic N) is 1. The Morgan fingerprint density at radius 2 is 2.14 bits per heavy atom. The molecular formula is C15H21ClN2O3. The summed E-state index contributed by atoms with van der Waals surface area (Å²) in [6.45, 7) is 3.01. The molecule has 1 aliphatic carbocycles. The molecule has 1 saturated heterocycles. The number of halogens is 1. The highest BCUT2D eigenvalue weighted by atomic mass is 35.5. The molecule has 1 aromatic heterocycles. The lowest BCUT2D eigenvalue weighted by Crippen LogP contribution is -2.40. The molecule has 2 heterocycles. The molecule has 0 spiro atoms. The smallest absolute Gasteiger partial charge is 0.290 e. The number of ketones is 1. The number of hydrogen-bond donors (Lipinski definition) is 1. The van der Waals surface area contributed by atoms with E-state index in [4.69, 9.17) is 10.2 Å². The van der Waals surface area contributed by atoms with E-state index in [1.54, 1.807) is 4.90 Å². The normalized spacial score (nSPS) is 21.1. The van der Waals surface area contributed by atoms with E-state index in [-0.39, 0.29) is 30.1 Å². The fourth-order valence-electron chi connectivity index (χ4n) is 3.33. The van der Waals surface area contributed by atoms with Gasteiger partial charge in [0.05, 0.1) is 5.56 Å². The molecule has 2 N–H and O–H groups in total. The van der Waals surface area contributed by atoms with E-state index in [0.29, 0.717) is 35.6 Å². The first kappa shape index (κ1) is 16.0. The average Bonchev–Trinajstić information content (AvgIpc) is 3.03.